The molecule has 136 valence electrons. The lowest BCUT2D eigenvalue weighted by molar-refractivity contribution is 0.0640. The third kappa shape index (κ3) is 3.87. The van der Waals surface area contributed by atoms with Gasteiger partial charge in [0.25, 0.3) is 0 Å². The van der Waals surface area contributed by atoms with E-state index in [1.165, 1.54) is 20.7 Å². The van der Waals surface area contributed by atoms with Gasteiger partial charge in [-0.05, 0) is 49.4 Å². The van der Waals surface area contributed by atoms with E-state index in [4.69, 9.17) is 4.74 Å². The average Bonchev–Trinajstić information content (AvgIpc) is 3.20. The molecule has 25 heavy (non-hydrogen) atoms. The van der Waals surface area contributed by atoms with E-state index < -0.39 is 0 Å². The van der Waals surface area contributed by atoms with Crippen molar-refractivity contribution >= 4 is 49.3 Å². The maximum atomic E-state index is 9.71. The lowest BCUT2D eigenvalue weighted by atomic mass is 10.1. The molecule has 2 aliphatic heterocycles. The fourth-order valence-corrected chi connectivity index (χ4v) is 6.67. The minimum absolute atomic E-state index is 0.0923. The summed E-state index contributed by atoms with van der Waals surface area (Å²) in [6.45, 7) is 4.26. The summed E-state index contributed by atoms with van der Waals surface area (Å²) < 4.78 is 11.8. The highest BCUT2D eigenvalue weighted by Crippen LogP contribution is 2.46. The number of methoxy groups -OCH3 is 1. The van der Waals surface area contributed by atoms with Gasteiger partial charge >= 0.3 is 0 Å². The summed E-state index contributed by atoms with van der Waals surface area (Å²) in [5.74, 6) is 0.996. The highest BCUT2D eigenvalue weighted by atomic mass is 79.9. The Balaban J connectivity index is 1.45. The van der Waals surface area contributed by atoms with E-state index in [9.17, 15) is 5.11 Å². The number of hydrogen-bond donors (Lipinski definition) is 1. The van der Waals surface area contributed by atoms with Crippen molar-refractivity contribution in [1.82, 2.24) is 9.21 Å². The second-order valence-corrected chi connectivity index (χ2v) is 10.1. The van der Waals surface area contributed by atoms with Crippen molar-refractivity contribution in [1.29, 1.82) is 0 Å². The van der Waals surface area contributed by atoms with Gasteiger partial charge in [0.05, 0.1) is 13.2 Å². The first kappa shape index (κ1) is 18.1. The van der Waals surface area contributed by atoms with Gasteiger partial charge in [0, 0.05) is 46.8 Å². The molecule has 7 heteroatoms. The van der Waals surface area contributed by atoms with Crippen LogP contribution in [0.15, 0.2) is 26.9 Å². The van der Waals surface area contributed by atoms with E-state index >= 15 is 0 Å². The Morgan fingerprint density at radius 2 is 2.04 bits per heavy atom. The minimum atomic E-state index is -0.0923. The predicted octanol–water partition coefficient (Wildman–Crippen LogP) is 4.21. The van der Waals surface area contributed by atoms with Gasteiger partial charge in [-0.25, -0.2) is 4.31 Å². The molecule has 0 spiro atoms. The van der Waals surface area contributed by atoms with E-state index in [-0.39, 0.29) is 6.10 Å². The van der Waals surface area contributed by atoms with Crippen LogP contribution in [0.3, 0.4) is 0 Å². The fourth-order valence-electron chi connectivity index (χ4n) is 3.74. The number of aliphatic hydroxyl groups excluding tert-OH is 1. The van der Waals surface area contributed by atoms with Crippen LogP contribution in [0.2, 0.25) is 0 Å². The second-order valence-electron chi connectivity index (χ2n) is 6.75. The first-order valence-corrected chi connectivity index (χ1v) is 11.1. The zero-order chi connectivity index (χ0) is 17.4. The number of ether oxygens (including phenoxy) is 1. The Morgan fingerprint density at radius 3 is 2.80 bits per heavy atom. The number of rotatable bonds is 4. The van der Waals surface area contributed by atoms with Gasteiger partial charge in [-0.1, -0.05) is 15.9 Å². The Morgan fingerprint density at radius 1 is 1.24 bits per heavy atom. The maximum absolute atomic E-state index is 9.71. The lowest BCUT2D eigenvalue weighted by Crippen LogP contribution is -2.43. The summed E-state index contributed by atoms with van der Waals surface area (Å²) in [5, 5.41) is 10.9. The number of aliphatic hydroxyl groups is 1. The molecular formula is C18H23BrN2O2S2. The molecule has 2 aliphatic rings. The molecule has 1 aromatic carbocycles. The number of likely N-dealkylation sites (tertiary alicyclic amines) is 1. The van der Waals surface area contributed by atoms with Crippen molar-refractivity contribution in [2.45, 2.75) is 35.6 Å². The molecule has 1 aromatic heterocycles. The van der Waals surface area contributed by atoms with Crippen LogP contribution < -0.4 is 4.74 Å². The fraction of sp³-hybridized carbons (Fsp3) is 0.556. The van der Waals surface area contributed by atoms with E-state index in [0.717, 1.165) is 49.2 Å². The first-order valence-electron chi connectivity index (χ1n) is 8.75. The van der Waals surface area contributed by atoms with E-state index in [1.54, 1.807) is 7.11 Å². The molecule has 1 unspecified atom stereocenters. The second kappa shape index (κ2) is 7.74. The monoisotopic (exact) mass is 442 g/mol. The van der Waals surface area contributed by atoms with Crippen LogP contribution in [0.1, 0.15) is 19.3 Å². The number of thiophene rings is 1. The van der Waals surface area contributed by atoms with Crippen LogP contribution in [-0.2, 0) is 0 Å². The van der Waals surface area contributed by atoms with Crippen molar-refractivity contribution in [3.8, 4) is 5.75 Å². The quantitative estimate of drug-likeness (QED) is 0.717. The van der Waals surface area contributed by atoms with Crippen molar-refractivity contribution in [3.63, 3.8) is 0 Å². The Bertz CT molecular complexity index is 746. The topological polar surface area (TPSA) is 35.9 Å². The summed E-state index contributed by atoms with van der Waals surface area (Å²) in [7, 11) is 1.76. The highest BCUT2D eigenvalue weighted by molar-refractivity contribution is 9.10. The van der Waals surface area contributed by atoms with Crippen LogP contribution >= 0.6 is 39.2 Å². The predicted molar refractivity (Wildman–Crippen MR) is 109 cm³/mol. The number of hydrogen-bond acceptors (Lipinski definition) is 6. The molecule has 0 saturated carbocycles. The molecule has 2 fully saturated rings. The zero-order valence-corrected chi connectivity index (χ0v) is 17.5. The van der Waals surface area contributed by atoms with Crippen molar-refractivity contribution in [2.24, 2.45) is 0 Å². The third-order valence-corrected chi connectivity index (χ3v) is 7.99. The van der Waals surface area contributed by atoms with E-state index in [0.29, 0.717) is 6.04 Å². The van der Waals surface area contributed by atoms with Gasteiger partial charge in [-0.2, -0.15) is 0 Å². The summed E-state index contributed by atoms with van der Waals surface area (Å²) in [6, 6.07) is 7.00. The van der Waals surface area contributed by atoms with Gasteiger partial charge in [0.1, 0.15) is 4.21 Å². The van der Waals surface area contributed by atoms with Crippen LogP contribution in [0, 0.1) is 0 Å². The summed E-state index contributed by atoms with van der Waals surface area (Å²) in [5.41, 5.74) is 0. The number of nitrogens with zero attached hydrogens (tertiary/aromatic N) is 2. The molecule has 0 radical (unpaired) electrons. The maximum Gasteiger partial charge on any atom is 0.152 e. The van der Waals surface area contributed by atoms with Crippen LogP contribution in [-0.4, -0.2) is 59.7 Å². The van der Waals surface area contributed by atoms with Crippen LogP contribution in [0.5, 0.6) is 5.75 Å². The van der Waals surface area contributed by atoms with Gasteiger partial charge in [-0.3, -0.25) is 4.90 Å². The number of halogens is 1. The van der Waals surface area contributed by atoms with Crippen LogP contribution in [0.25, 0.3) is 10.1 Å². The molecule has 4 rings (SSSR count). The standard InChI is InChI=1S/C18H23BrN2O2S2/c1-23-17-15-10-12(19)2-3-16(15)24-18(17)25-21-9-4-13(11-21)20-7-5-14(22)6-8-20/h2-3,10,13-14,22H,4-9,11H2,1H3. The molecule has 0 aliphatic carbocycles. The summed E-state index contributed by atoms with van der Waals surface area (Å²) in [4.78, 5) is 2.56. The van der Waals surface area contributed by atoms with Gasteiger partial charge < -0.3 is 9.84 Å². The van der Waals surface area contributed by atoms with Crippen molar-refractivity contribution < 1.29 is 9.84 Å². The van der Waals surface area contributed by atoms with Gasteiger partial charge in [0.15, 0.2) is 5.75 Å². The van der Waals surface area contributed by atoms with Crippen molar-refractivity contribution in [2.75, 3.05) is 33.3 Å². The Kier molecular flexibility index (Phi) is 5.60. The summed E-state index contributed by atoms with van der Waals surface area (Å²) >= 11 is 7.21. The number of benzene rings is 1. The highest BCUT2D eigenvalue weighted by Gasteiger charge is 2.31. The molecule has 2 aromatic rings. The Labute approximate surface area is 165 Å². The first-order chi connectivity index (χ1) is 12.1. The van der Waals surface area contributed by atoms with Gasteiger partial charge in [0.2, 0.25) is 0 Å². The van der Waals surface area contributed by atoms with E-state index in [2.05, 4.69) is 43.3 Å². The summed E-state index contributed by atoms with van der Waals surface area (Å²) in [6.07, 6.45) is 2.96. The normalized spacial score (nSPS) is 23.6. The van der Waals surface area contributed by atoms with E-state index in [1.807, 2.05) is 23.3 Å². The molecule has 1 N–H and O–H groups in total. The average molecular weight is 443 g/mol. The molecule has 1 atom stereocenters. The Hall–Kier alpha value is -0.310. The smallest absolute Gasteiger partial charge is 0.152 e. The number of piperidine rings is 1. The van der Waals surface area contributed by atoms with Crippen molar-refractivity contribution in [3.05, 3.63) is 22.7 Å². The molecule has 3 heterocycles. The molecule has 0 bridgehead atoms. The third-order valence-electron chi connectivity index (χ3n) is 5.13. The SMILES string of the molecule is COc1c(SN2CCC(N3CCC(O)CC3)C2)sc2ccc(Br)cc12. The molecular weight excluding hydrogens is 420 g/mol. The van der Waals surface area contributed by atoms with Gasteiger partial charge in [-0.15, -0.1) is 11.3 Å². The molecule has 0 amide bonds. The lowest BCUT2D eigenvalue weighted by Gasteiger charge is -2.34. The number of fused-ring (bicyclic) bond motifs is 1. The molecule has 2 saturated heterocycles. The minimum Gasteiger partial charge on any atom is -0.494 e. The zero-order valence-electron chi connectivity index (χ0n) is 14.3. The van der Waals surface area contributed by atoms with Crippen LogP contribution in [0.4, 0.5) is 0 Å². The largest absolute Gasteiger partial charge is 0.494 e. The molecule has 4 nitrogen and oxygen atoms in total.